The summed E-state index contributed by atoms with van der Waals surface area (Å²) >= 11 is 6.40. The molecule has 0 bridgehead atoms. The van der Waals surface area contributed by atoms with E-state index in [1.54, 1.807) is 36.4 Å². The van der Waals surface area contributed by atoms with Crippen LogP contribution in [-0.4, -0.2) is 37.8 Å². The Balaban J connectivity index is 1.58. The molecule has 1 amide bonds. The zero-order chi connectivity index (χ0) is 19.5. The van der Waals surface area contributed by atoms with E-state index in [0.29, 0.717) is 22.0 Å². The normalized spacial score (nSPS) is 10.6. The fraction of sp³-hybridized carbons (Fsp3) is 0.0526. The van der Waals surface area contributed by atoms with Crippen LogP contribution in [0.4, 0.5) is 5.69 Å². The zero-order valence-corrected chi connectivity index (χ0v) is 15.5. The second-order valence-corrected chi connectivity index (χ2v) is 6.26. The highest BCUT2D eigenvalue weighted by Gasteiger charge is 2.17. The van der Waals surface area contributed by atoms with Gasteiger partial charge in [-0.15, -0.1) is 5.10 Å². The molecule has 0 aliphatic carbocycles. The molecule has 9 heteroatoms. The summed E-state index contributed by atoms with van der Waals surface area (Å²) in [6, 6.07) is 14.2. The molecule has 4 rings (SSSR count). The number of methoxy groups -OCH3 is 1. The standard InChI is InChI=1S/C19H15ClN6O2/c1-28-18-11-17(25-8-2-3-9-25)16(20)10-15(18)19(27)22-13-4-6-14(7-5-13)26-12-21-23-24-26/h2-12H,1H3,(H,22,27). The first kappa shape index (κ1) is 17.7. The van der Waals surface area contributed by atoms with Crippen LogP contribution in [0.1, 0.15) is 10.4 Å². The van der Waals surface area contributed by atoms with Crippen molar-refractivity contribution in [2.45, 2.75) is 0 Å². The largest absolute Gasteiger partial charge is 0.496 e. The molecule has 1 N–H and O–H groups in total. The van der Waals surface area contributed by atoms with Crippen molar-refractivity contribution in [2.75, 3.05) is 12.4 Å². The highest BCUT2D eigenvalue weighted by molar-refractivity contribution is 6.33. The highest BCUT2D eigenvalue weighted by Crippen LogP contribution is 2.30. The maximum atomic E-state index is 12.8. The number of nitrogens with zero attached hydrogens (tertiary/aromatic N) is 5. The van der Waals surface area contributed by atoms with Crippen molar-refractivity contribution in [1.29, 1.82) is 0 Å². The van der Waals surface area contributed by atoms with Crippen LogP contribution in [0.2, 0.25) is 5.02 Å². The molecule has 0 unspecified atom stereocenters. The number of ether oxygens (including phenoxy) is 1. The van der Waals surface area contributed by atoms with Crippen LogP contribution in [-0.2, 0) is 0 Å². The highest BCUT2D eigenvalue weighted by atomic mass is 35.5. The minimum atomic E-state index is -0.326. The van der Waals surface area contributed by atoms with Crippen LogP contribution in [0.15, 0.2) is 67.3 Å². The minimum absolute atomic E-state index is 0.326. The third-order valence-corrected chi connectivity index (χ3v) is 4.44. The van der Waals surface area contributed by atoms with E-state index < -0.39 is 0 Å². The van der Waals surface area contributed by atoms with Gasteiger partial charge < -0.3 is 14.6 Å². The number of amides is 1. The minimum Gasteiger partial charge on any atom is -0.496 e. The van der Waals surface area contributed by atoms with Crippen molar-refractivity contribution in [3.05, 3.63) is 77.8 Å². The predicted molar refractivity (Wildman–Crippen MR) is 104 cm³/mol. The fourth-order valence-corrected chi connectivity index (χ4v) is 3.02. The van der Waals surface area contributed by atoms with Crippen molar-refractivity contribution in [3.8, 4) is 17.1 Å². The van der Waals surface area contributed by atoms with E-state index in [1.165, 1.54) is 18.1 Å². The first-order chi connectivity index (χ1) is 13.7. The smallest absolute Gasteiger partial charge is 0.259 e. The molecular weight excluding hydrogens is 380 g/mol. The van der Waals surface area contributed by atoms with Gasteiger partial charge in [-0.3, -0.25) is 4.79 Å². The lowest BCUT2D eigenvalue weighted by Crippen LogP contribution is -2.14. The summed E-state index contributed by atoms with van der Waals surface area (Å²) in [4.78, 5) is 12.8. The first-order valence-electron chi connectivity index (χ1n) is 8.31. The Bertz CT molecular complexity index is 1090. The van der Waals surface area contributed by atoms with Crippen LogP contribution >= 0.6 is 11.6 Å². The van der Waals surface area contributed by atoms with E-state index in [4.69, 9.17) is 16.3 Å². The zero-order valence-electron chi connectivity index (χ0n) is 14.8. The van der Waals surface area contributed by atoms with Crippen LogP contribution in [0.25, 0.3) is 11.4 Å². The first-order valence-corrected chi connectivity index (χ1v) is 8.69. The lowest BCUT2D eigenvalue weighted by atomic mass is 10.1. The number of halogens is 1. The summed E-state index contributed by atoms with van der Waals surface area (Å²) < 4.78 is 8.78. The van der Waals surface area contributed by atoms with Crippen molar-refractivity contribution in [1.82, 2.24) is 24.8 Å². The summed E-state index contributed by atoms with van der Waals surface area (Å²) in [6.45, 7) is 0. The number of carbonyl (C=O) groups is 1. The number of hydrogen-bond acceptors (Lipinski definition) is 5. The van der Waals surface area contributed by atoms with Crippen LogP contribution in [0.3, 0.4) is 0 Å². The van der Waals surface area contributed by atoms with Crippen LogP contribution in [0, 0.1) is 0 Å². The summed E-state index contributed by atoms with van der Waals surface area (Å²) in [7, 11) is 1.51. The van der Waals surface area contributed by atoms with E-state index in [2.05, 4.69) is 20.8 Å². The van der Waals surface area contributed by atoms with E-state index in [1.807, 2.05) is 29.1 Å². The van der Waals surface area contributed by atoms with Crippen molar-refractivity contribution in [3.63, 3.8) is 0 Å². The fourth-order valence-electron chi connectivity index (χ4n) is 2.76. The van der Waals surface area contributed by atoms with E-state index in [-0.39, 0.29) is 5.91 Å². The van der Waals surface area contributed by atoms with Gasteiger partial charge in [-0.05, 0) is 52.9 Å². The Morgan fingerprint density at radius 3 is 2.54 bits per heavy atom. The second-order valence-electron chi connectivity index (χ2n) is 5.85. The molecule has 0 aliphatic rings. The Hall–Kier alpha value is -3.65. The van der Waals surface area contributed by atoms with Gasteiger partial charge in [-0.2, -0.15) is 0 Å². The van der Waals surface area contributed by atoms with E-state index in [9.17, 15) is 4.79 Å². The number of rotatable bonds is 5. The summed E-state index contributed by atoms with van der Waals surface area (Å²) in [5.41, 5.74) is 2.47. The molecular formula is C19H15ClN6O2. The predicted octanol–water partition coefficient (Wildman–Crippen LogP) is 3.37. The van der Waals surface area contributed by atoms with E-state index in [0.717, 1.165) is 11.4 Å². The molecule has 4 aromatic rings. The van der Waals surface area contributed by atoms with Gasteiger partial charge in [0.15, 0.2) is 0 Å². The monoisotopic (exact) mass is 394 g/mol. The van der Waals surface area contributed by atoms with Gasteiger partial charge in [-0.25, -0.2) is 4.68 Å². The Morgan fingerprint density at radius 1 is 1.14 bits per heavy atom. The van der Waals surface area contributed by atoms with Crippen molar-refractivity contribution in [2.24, 2.45) is 0 Å². The van der Waals surface area contributed by atoms with Gasteiger partial charge >= 0.3 is 0 Å². The average molecular weight is 395 g/mol. The summed E-state index contributed by atoms with van der Waals surface area (Å²) in [6.07, 6.45) is 5.23. The number of tetrazole rings is 1. The number of nitrogens with one attached hydrogen (secondary N) is 1. The maximum absolute atomic E-state index is 12.8. The Kier molecular flexibility index (Phi) is 4.77. The van der Waals surface area contributed by atoms with Crippen LogP contribution < -0.4 is 10.1 Å². The second kappa shape index (κ2) is 7.53. The van der Waals surface area contributed by atoms with Crippen molar-refractivity contribution >= 4 is 23.2 Å². The quantitative estimate of drug-likeness (QED) is 0.560. The summed E-state index contributed by atoms with van der Waals surface area (Å²) in [5, 5.41) is 14.3. The Morgan fingerprint density at radius 2 is 1.89 bits per heavy atom. The van der Waals surface area contributed by atoms with Gasteiger partial charge in [0, 0.05) is 24.1 Å². The number of benzene rings is 2. The van der Waals surface area contributed by atoms with Gasteiger partial charge in [-0.1, -0.05) is 11.6 Å². The molecule has 0 aliphatic heterocycles. The SMILES string of the molecule is COc1cc(-n2cccc2)c(Cl)cc1C(=O)Nc1ccc(-n2cnnn2)cc1. The summed E-state index contributed by atoms with van der Waals surface area (Å²) in [5.74, 6) is 0.101. The molecule has 0 spiro atoms. The van der Waals surface area contributed by atoms with Gasteiger partial charge in [0.1, 0.15) is 12.1 Å². The van der Waals surface area contributed by atoms with E-state index >= 15 is 0 Å². The maximum Gasteiger partial charge on any atom is 0.259 e. The molecule has 0 saturated heterocycles. The molecule has 0 fully saturated rings. The topological polar surface area (TPSA) is 86.9 Å². The molecule has 140 valence electrons. The molecule has 2 heterocycles. The third kappa shape index (κ3) is 3.45. The van der Waals surface area contributed by atoms with Gasteiger partial charge in [0.25, 0.3) is 5.91 Å². The molecule has 0 saturated carbocycles. The molecule has 0 atom stereocenters. The number of anilines is 1. The number of hydrogen-bond donors (Lipinski definition) is 1. The lowest BCUT2D eigenvalue weighted by Gasteiger charge is -2.14. The van der Waals surface area contributed by atoms with Gasteiger partial charge in [0.05, 0.1) is 29.1 Å². The lowest BCUT2D eigenvalue weighted by molar-refractivity contribution is 0.102. The number of aromatic nitrogens is 5. The third-order valence-electron chi connectivity index (χ3n) is 4.13. The molecule has 0 radical (unpaired) electrons. The molecule has 8 nitrogen and oxygen atoms in total. The van der Waals surface area contributed by atoms with Crippen molar-refractivity contribution < 1.29 is 9.53 Å². The Labute approximate surface area is 165 Å². The molecule has 28 heavy (non-hydrogen) atoms. The molecule has 2 aromatic carbocycles. The number of carbonyl (C=O) groups excluding carboxylic acids is 1. The average Bonchev–Trinajstić information content (AvgIpc) is 3.42. The van der Waals surface area contributed by atoms with Crippen LogP contribution in [0.5, 0.6) is 5.75 Å². The molecule has 2 aromatic heterocycles. The van der Waals surface area contributed by atoms with Gasteiger partial charge in [0.2, 0.25) is 0 Å².